The third-order valence-corrected chi connectivity index (χ3v) is 2.64. The van der Waals surface area contributed by atoms with Crippen LogP contribution in [-0.2, 0) is 33.2 Å². The topological polar surface area (TPSA) is 64.6 Å². The SMILES string of the molecule is C=C(C)OCCOCCOCCOCCOCCOCCOCC. The first-order valence-corrected chi connectivity index (χ1v) is 8.52. The number of ether oxygens (including phenoxy) is 7. The molecule has 0 aromatic rings. The predicted molar refractivity (Wildman–Crippen MR) is 91.4 cm³/mol. The van der Waals surface area contributed by atoms with Crippen LogP contribution in [0.25, 0.3) is 0 Å². The van der Waals surface area contributed by atoms with E-state index < -0.39 is 0 Å². The Hall–Kier alpha value is -0.700. The van der Waals surface area contributed by atoms with E-state index in [1.54, 1.807) is 0 Å². The summed E-state index contributed by atoms with van der Waals surface area (Å²) in [5.41, 5.74) is 0. The Kier molecular flexibility index (Phi) is 19.8. The highest BCUT2D eigenvalue weighted by Crippen LogP contribution is 1.89. The number of rotatable bonds is 20. The summed E-state index contributed by atoms with van der Waals surface area (Å²) in [4.78, 5) is 0. The maximum Gasteiger partial charge on any atom is 0.111 e. The normalized spacial score (nSPS) is 10.9. The maximum absolute atomic E-state index is 5.38. The standard InChI is InChI=1S/C17H34O7/c1-4-18-5-6-19-7-8-20-9-10-21-11-12-22-13-14-23-15-16-24-17(2)3/h2,4-16H2,1,3H3. The Morgan fingerprint density at radius 3 is 1.12 bits per heavy atom. The number of allylic oxidation sites excluding steroid dienone is 1. The van der Waals surface area contributed by atoms with Gasteiger partial charge >= 0.3 is 0 Å². The van der Waals surface area contributed by atoms with E-state index in [0.717, 1.165) is 6.61 Å². The average molecular weight is 350 g/mol. The average Bonchev–Trinajstić information content (AvgIpc) is 2.56. The largest absolute Gasteiger partial charge is 0.496 e. The van der Waals surface area contributed by atoms with E-state index in [2.05, 4.69) is 6.58 Å². The van der Waals surface area contributed by atoms with Gasteiger partial charge in [0, 0.05) is 6.61 Å². The van der Waals surface area contributed by atoms with Crippen LogP contribution in [0.2, 0.25) is 0 Å². The monoisotopic (exact) mass is 350 g/mol. The van der Waals surface area contributed by atoms with Crippen molar-refractivity contribution in [1.29, 1.82) is 0 Å². The van der Waals surface area contributed by atoms with Crippen LogP contribution in [0.4, 0.5) is 0 Å². The molecule has 0 saturated carbocycles. The molecule has 24 heavy (non-hydrogen) atoms. The zero-order chi connectivity index (χ0) is 17.7. The first kappa shape index (κ1) is 23.3. The fourth-order valence-corrected chi connectivity index (χ4v) is 1.52. The van der Waals surface area contributed by atoms with Gasteiger partial charge in [-0.25, -0.2) is 0 Å². The number of hydrogen-bond acceptors (Lipinski definition) is 7. The van der Waals surface area contributed by atoms with Gasteiger partial charge in [-0.15, -0.1) is 0 Å². The van der Waals surface area contributed by atoms with Crippen molar-refractivity contribution in [3.05, 3.63) is 12.3 Å². The third kappa shape index (κ3) is 21.3. The van der Waals surface area contributed by atoms with E-state index in [4.69, 9.17) is 33.2 Å². The summed E-state index contributed by atoms with van der Waals surface area (Å²) in [7, 11) is 0. The molecule has 0 aliphatic heterocycles. The first-order valence-electron chi connectivity index (χ1n) is 8.52. The summed E-state index contributed by atoms with van der Waals surface area (Å²) >= 11 is 0. The molecule has 0 spiro atoms. The quantitative estimate of drug-likeness (QED) is 0.244. The van der Waals surface area contributed by atoms with Crippen molar-refractivity contribution >= 4 is 0 Å². The zero-order valence-electron chi connectivity index (χ0n) is 15.3. The Labute approximate surface area is 146 Å². The van der Waals surface area contributed by atoms with Crippen LogP contribution >= 0.6 is 0 Å². The van der Waals surface area contributed by atoms with E-state index in [0.29, 0.717) is 85.0 Å². The second kappa shape index (κ2) is 20.3. The molecule has 0 amide bonds. The Morgan fingerprint density at radius 2 is 0.833 bits per heavy atom. The van der Waals surface area contributed by atoms with Crippen LogP contribution in [0.5, 0.6) is 0 Å². The smallest absolute Gasteiger partial charge is 0.111 e. The molecule has 0 aromatic carbocycles. The lowest BCUT2D eigenvalue weighted by Crippen LogP contribution is -2.14. The van der Waals surface area contributed by atoms with E-state index in [-0.39, 0.29) is 0 Å². The Bertz CT molecular complexity index is 261. The van der Waals surface area contributed by atoms with Crippen molar-refractivity contribution in [2.24, 2.45) is 0 Å². The van der Waals surface area contributed by atoms with Crippen molar-refractivity contribution < 1.29 is 33.2 Å². The van der Waals surface area contributed by atoms with Crippen LogP contribution in [-0.4, -0.2) is 85.9 Å². The Morgan fingerprint density at radius 1 is 0.542 bits per heavy atom. The van der Waals surface area contributed by atoms with Gasteiger partial charge in [0.05, 0.1) is 78.4 Å². The van der Waals surface area contributed by atoms with Gasteiger partial charge < -0.3 is 33.2 Å². The second-order valence-corrected chi connectivity index (χ2v) is 4.81. The van der Waals surface area contributed by atoms with E-state index in [9.17, 15) is 0 Å². The van der Waals surface area contributed by atoms with Gasteiger partial charge in [0.15, 0.2) is 0 Å². The van der Waals surface area contributed by atoms with E-state index in [1.165, 1.54) is 0 Å². The summed E-state index contributed by atoms with van der Waals surface area (Å²) < 4.78 is 37.1. The molecule has 0 bridgehead atoms. The van der Waals surface area contributed by atoms with Gasteiger partial charge in [-0.3, -0.25) is 0 Å². The molecule has 0 N–H and O–H groups in total. The van der Waals surface area contributed by atoms with Crippen molar-refractivity contribution in [1.82, 2.24) is 0 Å². The molecule has 7 heteroatoms. The van der Waals surface area contributed by atoms with Gasteiger partial charge in [0.25, 0.3) is 0 Å². The van der Waals surface area contributed by atoms with Gasteiger partial charge in [-0.1, -0.05) is 6.58 Å². The van der Waals surface area contributed by atoms with Gasteiger partial charge in [-0.2, -0.15) is 0 Å². The van der Waals surface area contributed by atoms with Crippen molar-refractivity contribution in [2.75, 3.05) is 85.9 Å². The first-order chi connectivity index (χ1) is 11.8. The fourth-order valence-electron chi connectivity index (χ4n) is 1.52. The molecule has 0 fully saturated rings. The molecule has 0 radical (unpaired) electrons. The third-order valence-electron chi connectivity index (χ3n) is 2.64. The molecular weight excluding hydrogens is 316 g/mol. The van der Waals surface area contributed by atoms with Gasteiger partial charge in [0.1, 0.15) is 6.61 Å². The highest BCUT2D eigenvalue weighted by molar-refractivity contribution is 4.72. The van der Waals surface area contributed by atoms with Crippen LogP contribution in [0.3, 0.4) is 0 Å². The maximum atomic E-state index is 5.38. The lowest BCUT2D eigenvalue weighted by molar-refractivity contribution is -0.0183. The molecular formula is C17H34O7. The minimum Gasteiger partial charge on any atom is -0.496 e. The molecule has 144 valence electrons. The molecule has 0 aliphatic rings. The minimum absolute atomic E-state index is 0.524. The molecule has 0 aromatic heterocycles. The lowest BCUT2D eigenvalue weighted by atomic mass is 10.6. The molecule has 0 heterocycles. The predicted octanol–water partition coefficient (Wildman–Crippen LogP) is 1.66. The van der Waals surface area contributed by atoms with Crippen LogP contribution in [0, 0.1) is 0 Å². The van der Waals surface area contributed by atoms with Crippen molar-refractivity contribution in [2.45, 2.75) is 13.8 Å². The van der Waals surface area contributed by atoms with Crippen molar-refractivity contribution in [3.63, 3.8) is 0 Å². The van der Waals surface area contributed by atoms with Crippen LogP contribution < -0.4 is 0 Å². The van der Waals surface area contributed by atoms with Crippen LogP contribution in [0.1, 0.15) is 13.8 Å². The number of hydrogen-bond donors (Lipinski definition) is 0. The molecule has 0 aliphatic carbocycles. The fraction of sp³-hybridized carbons (Fsp3) is 0.882. The van der Waals surface area contributed by atoms with E-state index >= 15 is 0 Å². The summed E-state index contributed by atoms with van der Waals surface area (Å²) in [6, 6.07) is 0. The molecule has 0 atom stereocenters. The van der Waals surface area contributed by atoms with E-state index in [1.807, 2.05) is 13.8 Å². The minimum atomic E-state index is 0.524. The van der Waals surface area contributed by atoms with Crippen molar-refractivity contribution in [3.8, 4) is 0 Å². The molecule has 0 unspecified atom stereocenters. The van der Waals surface area contributed by atoms with Crippen LogP contribution in [0.15, 0.2) is 12.3 Å². The lowest BCUT2D eigenvalue weighted by Gasteiger charge is -2.08. The van der Waals surface area contributed by atoms with Gasteiger partial charge in [-0.05, 0) is 13.8 Å². The molecule has 7 nitrogen and oxygen atoms in total. The summed E-state index contributed by atoms with van der Waals surface area (Å²) in [6.07, 6.45) is 0. The zero-order valence-corrected chi connectivity index (χ0v) is 15.3. The Balaban J connectivity index is 2.97. The molecule has 0 rings (SSSR count). The summed E-state index contributed by atoms with van der Waals surface area (Å²) in [5, 5.41) is 0. The highest BCUT2D eigenvalue weighted by Gasteiger charge is 1.94. The van der Waals surface area contributed by atoms with Gasteiger partial charge in [0.2, 0.25) is 0 Å². The summed E-state index contributed by atoms with van der Waals surface area (Å²) in [6.45, 7) is 14.9. The summed E-state index contributed by atoms with van der Waals surface area (Å²) in [5.74, 6) is 0.699. The molecule has 0 saturated heterocycles. The highest BCUT2D eigenvalue weighted by atomic mass is 16.6. The second-order valence-electron chi connectivity index (χ2n) is 4.81.